The Morgan fingerprint density at radius 3 is 3.00 bits per heavy atom. The van der Waals surface area contributed by atoms with E-state index in [4.69, 9.17) is 9.47 Å². The van der Waals surface area contributed by atoms with Gasteiger partial charge in [-0.05, 0) is 35.6 Å². The summed E-state index contributed by atoms with van der Waals surface area (Å²) in [4.78, 5) is 12.3. The van der Waals surface area contributed by atoms with Gasteiger partial charge in [-0.25, -0.2) is 4.79 Å². The zero-order valence-electron chi connectivity index (χ0n) is 13.5. The zero-order chi connectivity index (χ0) is 17.2. The van der Waals surface area contributed by atoms with E-state index in [-0.39, 0.29) is 18.8 Å². The molecule has 2 aliphatic heterocycles. The second-order valence-electron chi connectivity index (χ2n) is 5.54. The largest absolute Gasteiger partial charge is 0.495 e. The molecule has 9 heteroatoms. The van der Waals surface area contributed by atoms with Gasteiger partial charge < -0.3 is 9.47 Å². The Hall–Kier alpha value is -3.23. The van der Waals surface area contributed by atoms with Gasteiger partial charge in [0.05, 0.1) is 18.6 Å². The van der Waals surface area contributed by atoms with Crippen molar-refractivity contribution in [1.82, 2.24) is 25.2 Å². The zero-order valence-corrected chi connectivity index (χ0v) is 13.5. The number of rotatable bonds is 3. The number of amides is 1. The van der Waals surface area contributed by atoms with Crippen molar-refractivity contribution < 1.29 is 14.3 Å². The van der Waals surface area contributed by atoms with Crippen molar-refractivity contribution in [2.75, 3.05) is 6.61 Å². The summed E-state index contributed by atoms with van der Waals surface area (Å²) < 4.78 is 12.3. The molecule has 0 radical (unpaired) electrons. The van der Waals surface area contributed by atoms with Crippen LogP contribution in [0.25, 0.3) is 5.69 Å². The van der Waals surface area contributed by atoms with Crippen LogP contribution < -0.4 is 0 Å². The van der Waals surface area contributed by atoms with Crippen molar-refractivity contribution in [3.8, 4) is 5.69 Å². The Labute approximate surface area is 143 Å². The van der Waals surface area contributed by atoms with E-state index >= 15 is 0 Å². The molecule has 2 aromatic rings. The first-order valence-electron chi connectivity index (χ1n) is 7.97. The fourth-order valence-electron chi connectivity index (χ4n) is 2.87. The van der Waals surface area contributed by atoms with Crippen molar-refractivity contribution in [2.45, 2.75) is 25.5 Å². The van der Waals surface area contributed by atoms with Crippen LogP contribution in [0.5, 0.6) is 0 Å². The molecule has 0 saturated heterocycles. The number of hydrogen-bond donors (Lipinski definition) is 0. The van der Waals surface area contributed by atoms with Gasteiger partial charge in [0.1, 0.15) is 17.9 Å². The number of para-hydroxylation sites is 1. The average Bonchev–Trinajstić information content (AvgIpc) is 3.31. The van der Waals surface area contributed by atoms with E-state index in [9.17, 15) is 4.79 Å². The minimum absolute atomic E-state index is 0.238. The summed E-state index contributed by atoms with van der Waals surface area (Å²) in [5.41, 5.74) is 1.37. The fraction of sp³-hybridized carbons (Fsp3) is 0.312. The second kappa shape index (κ2) is 6.34. The number of aromatic nitrogens is 4. The number of carbonyl (C=O) groups excluding carboxylic acids is 1. The molecule has 2 aliphatic rings. The highest BCUT2D eigenvalue weighted by molar-refractivity contribution is 5.99. The van der Waals surface area contributed by atoms with Crippen LogP contribution in [0.3, 0.4) is 0 Å². The lowest BCUT2D eigenvalue weighted by molar-refractivity contribution is 0.0565. The standard InChI is InChI=1S/C16H16N6O3/c1-2-24-16(23)22-13-8-9-25-14(13)10-12(18-22)15-17-19-20-21(15)11-6-4-3-5-7-11/h3-9,13-14H,2,10H2,1H3. The maximum Gasteiger partial charge on any atom is 0.431 e. The first-order chi connectivity index (χ1) is 12.3. The number of tetrazole rings is 1. The first kappa shape index (κ1) is 15.3. The molecule has 25 heavy (non-hydrogen) atoms. The highest BCUT2D eigenvalue weighted by atomic mass is 16.6. The van der Waals surface area contributed by atoms with Crippen LogP contribution >= 0.6 is 0 Å². The first-order valence-corrected chi connectivity index (χ1v) is 7.97. The fourth-order valence-corrected chi connectivity index (χ4v) is 2.87. The smallest absolute Gasteiger partial charge is 0.431 e. The molecule has 0 saturated carbocycles. The Morgan fingerprint density at radius 2 is 2.20 bits per heavy atom. The third-order valence-electron chi connectivity index (χ3n) is 4.00. The van der Waals surface area contributed by atoms with Gasteiger partial charge in [0.25, 0.3) is 0 Å². The summed E-state index contributed by atoms with van der Waals surface area (Å²) in [7, 11) is 0. The second-order valence-corrected chi connectivity index (χ2v) is 5.54. The monoisotopic (exact) mass is 340 g/mol. The molecular weight excluding hydrogens is 324 g/mol. The highest BCUT2D eigenvalue weighted by Gasteiger charge is 2.40. The lowest BCUT2D eigenvalue weighted by atomic mass is 10.0. The lowest BCUT2D eigenvalue weighted by Crippen LogP contribution is -2.47. The molecule has 0 aliphatic carbocycles. The van der Waals surface area contributed by atoms with Gasteiger partial charge >= 0.3 is 6.09 Å². The van der Waals surface area contributed by atoms with Crippen LogP contribution in [0.2, 0.25) is 0 Å². The SMILES string of the molecule is CCOC(=O)N1N=C(c2nnnn2-c2ccccc2)CC2OC=CC21. The average molecular weight is 340 g/mol. The van der Waals surface area contributed by atoms with Crippen LogP contribution in [0, 0.1) is 0 Å². The van der Waals surface area contributed by atoms with Crippen LogP contribution in [0.4, 0.5) is 4.79 Å². The van der Waals surface area contributed by atoms with Crippen molar-refractivity contribution in [2.24, 2.45) is 5.10 Å². The van der Waals surface area contributed by atoms with Gasteiger partial charge in [-0.1, -0.05) is 18.2 Å². The van der Waals surface area contributed by atoms with Crippen molar-refractivity contribution >= 4 is 11.8 Å². The summed E-state index contributed by atoms with van der Waals surface area (Å²) in [5, 5.41) is 17.6. The maximum atomic E-state index is 12.3. The molecule has 2 unspecified atom stereocenters. The Kier molecular flexibility index (Phi) is 3.88. The van der Waals surface area contributed by atoms with Gasteiger partial charge in [-0.2, -0.15) is 14.8 Å². The van der Waals surface area contributed by atoms with E-state index in [1.807, 2.05) is 30.3 Å². The number of hydrazone groups is 1. The number of fused-ring (bicyclic) bond motifs is 1. The quantitative estimate of drug-likeness (QED) is 0.840. The minimum Gasteiger partial charge on any atom is -0.495 e. The summed E-state index contributed by atoms with van der Waals surface area (Å²) in [6, 6.07) is 9.20. The topological polar surface area (TPSA) is 94.7 Å². The van der Waals surface area contributed by atoms with Gasteiger partial charge in [-0.15, -0.1) is 5.10 Å². The van der Waals surface area contributed by atoms with Gasteiger partial charge in [0.2, 0.25) is 5.82 Å². The highest BCUT2D eigenvalue weighted by Crippen LogP contribution is 2.27. The summed E-state index contributed by atoms with van der Waals surface area (Å²) in [6.07, 6.45) is 3.10. The van der Waals surface area contributed by atoms with Crippen molar-refractivity contribution in [1.29, 1.82) is 0 Å². The van der Waals surface area contributed by atoms with Crippen LogP contribution in [-0.2, 0) is 9.47 Å². The van der Waals surface area contributed by atoms with Crippen molar-refractivity contribution in [3.05, 3.63) is 48.5 Å². The molecule has 4 rings (SSSR count). The summed E-state index contributed by atoms with van der Waals surface area (Å²) in [5.74, 6) is 0.467. The van der Waals surface area contributed by atoms with Crippen LogP contribution in [0.1, 0.15) is 19.2 Å². The molecule has 2 atom stereocenters. The number of nitrogens with zero attached hydrogens (tertiary/aromatic N) is 6. The van der Waals surface area contributed by atoms with E-state index in [1.54, 1.807) is 23.9 Å². The molecule has 128 valence electrons. The molecule has 0 bridgehead atoms. The van der Waals surface area contributed by atoms with Crippen molar-refractivity contribution in [3.63, 3.8) is 0 Å². The van der Waals surface area contributed by atoms with Crippen LogP contribution in [-0.4, -0.2) is 55.8 Å². The third-order valence-corrected chi connectivity index (χ3v) is 4.00. The molecule has 3 heterocycles. The summed E-state index contributed by atoms with van der Waals surface area (Å²) in [6.45, 7) is 2.02. The van der Waals surface area contributed by atoms with E-state index in [1.165, 1.54) is 5.01 Å². The van der Waals surface area contributed by atoms with E-state index in [0.717, 1.165) is 5.69 Å². The number of carbonyl (C=O) groups is 1. The van der Waals surface area contributed by atoms with Gasteiger partial charge in [0, 0.05) is 6.42 Å². The van der Waals surface area contributed by atoms with E-state index < -0.39 is 6.09 Å². The number of ether oxygens (including phenoxy) is 2. The minimum atomic E-state index is -0.524. The van der Waals surface area contributed by atoms with E-state index in [0.29, 0.717) is 18.0 Å². The summed E-state index contributed by atoms with van der Waals surface area (Å²) >= 11 is 0. The molecule has 1 aromatic carbocycles. The Morgan fingerprint density at radius 1 is 1.36 bits per heavy atom. The van der Waals surface area contributed by atoms with Gasteiger partial charge in [0.15, 0.2) is 0 Å². The molecule has 0 fully saturated rings. The molecule has 1 aromatic heterocycles. The molecule has 0 N–H and O–H groups in total. The predicted molar refractivity (Wildman–Crippen MR) is 87.0 cm³/mol. The third kappa shape index (κ3) is 2.73. The molecular formula is C16H16N6O3. The maximum absolute atomic E-state index is 12.3. The number of hydrogen-bond acceptors (Lipinski definition) is 7. The molecule has 9 nitrogen and oxygen atoms in total. The normalized spacial score (nSPS) is 21.5. The number of benzene rings is 1. The van der Waals surface area contributed by atoms with E-state index in [2.05, 4.69) is 20.6 Å². The molecule has 0 spiro atoms. The lowest BCUT2D eigenvalue weighted by Gasteiger charge is -2.31. The van der Waals surface area contributed by atoms with Gasteiger partial charge in [-0.3, -0.25) is 0 Å². The predicted octanol–water partition coefficient (Wildman–Crippen LogP) is 1.51. The molecule has 1 amide bonds. The Balaban J connectivity index is 1.72. The Bertz CT molecular complexity index is 831. The van der Waals surface area contributed by atoms with Crippen LogP contribution in [0.15, 0.2) is 47.8 Å².